The van der Waals surface area contributed by atoms with Crippen molar-refractivity contribution in [3.05, 3.63) is 39.4 Å². The first-order valence-electron chi connectivity index (χ1n) is 7.41. The lowest BCUT2D eigenvalue weighted by atomic mass is 10.1. The van der Waals surface area contributed by atoms with Crippen LogP contribution in [0.4, 0.5) is 5.69 Å². The zero-order valence-corrected chi connectivity index (χ0v) is 13.6. The van der Waals surface area contributed by atoms with E-state index in [1.165, 1.54) is 12.1 Å². The van der Waals surface area contributed by atoms with Gasteiger partial charge in [-0.2, -0.15) is 0 Å². The van der Waals surface area contributed by atoms with Crippen LogP contribution < -0.4 is 0 Å². The van der Waals surface area contributed by atoms with Crippen molar-refractivity contribution in [2.24, 2.45) is 9.98 Å². The summed E-state index contributed by atoms with van der Waals surface area (Å²) in [6.07, 6.45) is 0. The summed E-state index contributed by atoms with van der Waals surface area (Å²) in [6, 6.07) is 4.55. The van der Waals surface area contributed by atoms with E-state index in [0.29, 0.717) is 36.1 Å². The number of nitro groups is 1. The van der Waals surface area contributed by atoms with Gasteiger partial charge in [-0.3, -0.25) is 10.1 Å². The van der Waals surface area contributed by atoms with Crippen molar-refractivity contribution < 1.29 is 14.4 Å². The fraction of sp³-hybridized carbons (Fsp3) is 0.500. The first-order valence-corrected chi connectivity index (χ1v) is 7.41. The Morgan fingerprint density at radius 2 is 1.52 bits per heavy atom. The summed E-state index contributed by atoms with van der Waals surface area (Å²) in [5.41, 5.74) is 0.525. The lowest BCUT2D eigenvalue weighted by Crippen LogP contribution is -2.17. The third kappa shape index (κ3) is 3.04. The summed E-state index contributed by atoms with van der Waals surface area (Å²) in [5, 5.41) is 11.1. The Morgan fingerprint density at radius 3 is 1.96 bits per heavy atom. The van der Waals surface area contributed by atoms with Crippen LogP contribution in [0.25, 0.3) is 0 Å². The molecular formula is C16H19N3O4. The van der Waals surface area contributed by atoms with E-state index in [2.05, 4.69) is 9.98 Å². The molecule has 2 heterocycles. The van der Waals surface area contributed by atoms with Gasteiger partial charge >= 0.3 is 0 Å². The Balaban J connectivity index is 2.12. The van der Waals surface area contributed by atoms with Crippen molar-refractivity contribution in [2.45, 2.75) is 38.8 Å². The molecule has 1 aromatic rings. The number of nitrogens with zero attached hydrogens (tertiary/aromatic N) is 3. The van der Waals surface area contributed by atoms with Gasteiger partial charge in [0.2, 0.25) is 11.8 Å². The Hall–Kier alpha value is -2.44. The molecule has 3 rings (SSSR count). The van der Waals surface area contributed by atoms with E-state index < -0.39 is 4.92 Å². The molecule has 0 saturated heterocycles. The zero-order valence-electron chi connectivity index (χ0n) is 13.6. The van der Waals surface area contributed by atoms with E-state index in [4.69, 9.17) is 9.47 Å². The van der Waals surface area contributed by atoms with Crippen molar-refractivity contribution in [2.75, 3.05) is 13.2 Å². The first kappa shape index (κ1) is 15.5. The van der Waals surface area contributed by atoms with Crippen LogP contribution in [-0.2, 0) is 9.47 Å². The van der Waals surface area contributed by atoms with E-state index in [1.54, 1.807) is 6.07 Å². The molecule has 0 aliphatic carbocycles. The number of benzene rings is 1. The summed E-state index contributed by atoms with van der Waals surface area (Å²) in [5.74, 6) is 0.862. The molecule has 2 aliphatic rings. The summed E-state index contributed by atoms with van der Waals surface area (Å²) < 4.78 is 11.3. The van der Waals surface area contributed by atoms with Gasteiger partial charge in [-0.25, -0.2) is 9.98 Å². The first-order chi connectivity index (χ1) is 10.7. The molecule has 1 aromatic carbocycles. The summed E-state index contributed by atoms with van der Waals surface area (Å²) in [4.78, 5) is 19.7. The normalized spacial score (nSPS) is 21.2. The maximum atomic E-state index is 11.1. The third-order valence-electron chi connectivity index (χ3n) is 3.61. The fourth-order valence-electron chi connectivity index (χ4n) is 2.45. The highest BCUT2D eigenvalue weighted by atomic mass is 16.6. The predicted octanol–water partition coefficient (Wildman–Crippen LogP) is 2.71. The molecule has 0 amide bonds. The second-order valence-corrected chi connectivity index (χ2v) is 7.02. The van der Waals surface area contributed by atoms with Crippen LogP contribution in [0, 0.1) is 10.1 Å². The minimum absolute atomic E-state index is 0.0161. The zero-order chi connectivity index (χ0) is 16.8. The minimum atomic E-state index is -0.435. The van der Waals surface area contributed by atoms with E-state index in [0.717, 1.165) is 0 Å². The maximum absolute atomic E-state index is 11.1. The molecule has 0 N–H and O–H groups in total. The van der Waals surface area contributed by atoms with Crippen LogP contribution in [0.3, 0.4) is 0 Å². The van der Waals surface area contributed by atoms with Gasteiger partial charge in [0.1, 0.15) is 13.2 Å². The molecule has 23 heavy (non-hydrogen) atoms. The van der Waals surface area contributed by atoms with Crippen molar-refractivity contribution in [3.8, 4) is 0 Å². The molecule has 7 heteroatoms. The highest BCUT2D eigenvalue weighted by molar-refractivity contribution is 6.08. The standard InChI is InChI=1S/C16H19N3O4/c1-15(2)8-22-13(17-15)11-6-5-10(19(20)21)7-12(11)14-18-16(3,4)9-23-14/h5-7H,8-9H2,1-4H3. The lowest BCUT2D eigenvalue weighted by molar-refractivity contribution is -0.384. The van der Waals surface area contributed by atoms with Gasteiger partial charge < -0.3 is 9.47 Å². The van der Waals surface area contributed by atoms with Gasteiger partial charge in [0, 0.05) is 17.7 Å². The molecular weight excluding hydrogens is 298 g/mol. The lowest BCUT2D eigenvalue weighted by Gasteiger charge is -2.09. The number of ether oxygens (including phenoxy) is 2. The second kappa shape index (κ2) is 5.04. The van der Waals surface area contributed by atoms with Crippen molar-refractivity contribution >= 4 is 17.5 Å². The molecule has 0 spiro atoms. The van der Waals surface area contributed by atoms with Crippen molar-refractivity contribution in [1.29, 1.82) is 0 Å². The van der Waals surface area contributed by atoms with Crippen LogP contribution in [0.15, 0.2) is 28.2 Å². The minimum Gasteiger partial charge on any atom is -0.475 e. The average Bonchev–Trinajstić information content (AvgIpc) is 3.00. The summed E-state index contributed by atoms with van der Waals surface area (Å²) in [7, 11) is 0. The van der Waals surface area contributed by atoms with Crippen LogP contribution in [0.5, 0.6) is 0 Å². The quantitative estimate of drug-likeness (QED) is 0.633. The molecule has 0 saturated carbocycles. The van der Waals surface area contributed by atoms with Gasteiger partial charge in [0.15, 0.2) is 0 Å². The Bertz CT molecular complexity index is 735. The SMILES string of the molecule is CC1(C)COC(c2ccc([N+](=O)[O-])cc2C2=NC(C)(C)CO2)=N1. The molecule has 0 bridgehead atoms. The second-order valence-electron chi connectivity index (χ2n) is 7.02. The monoisotopic (exact) mass is 317 g/mol. The van der Waals surface area contributed by atoms with Gasteiger partial charge in [-0.15, -0.1) is 0 Å². The van der Waals surface area contributed by atoms with Crippen LogP contribution in [-0.4, -0.2) is 41.0 Å². The maximum Gasteiger partial charge on any atom is 0.270 e. The fourth-order valence-corrected chi connectivity index (χ4v) is 2.45. The smallest absolute Gasteiger partial charge is 0.270 e. The summed E-state index contributed by atoms with van der Waals surface area (Å²) >= 11 is 0. The molecule has 0 aromatic heterocycles. The highest BCUT2D eigenvalue weighted by Gasteiger charge is 2.33. The summed E-state index contributed by atoms with van der Waals surface area (Å²) in [6.45, 7) is 8.74. The molecule has 0 fully saturated rings. The average molecular weight is 317 g/mol. The highest BCUT2D eigenvalue weighted by Crippen LogP contribution is 2.29. The molecule has 2 aliphatic heterocycles. The molecule has 7 nitrogen and oxygen atoms in total. The molecule has 122 valence electrons. The number of non-ortho nitro benzene ring substituents is 1. The Kier molecular flexibility index (Phi) is 3.39. The van der Waals surface area contributed by atoms with Gasteiger partial charge in [-0.1, -0.05) is 0 Å². The van der Waals surface area contributed by atoms with E-state index in [-0.39, 0.29) is 16.8 Å². The van der Waals surface area contributed by atoms with Crippen LogP contribution in [0.1, 0.15) is 38.8 Å². The predicted molar refractivity (Wildman–Crippen MR) is 86.2 cm³/mol. The third-order valence-corrected chi connectivity index (χ3v) is 3.61. The van der Waals surface area contributed by atoms with E-state index in [9.17, 15) is 10.1 Å². The molecule has 0 radical (unpaired) electrons. The van der Waals surface area contributed by atoms with E-state index in [1.807, 2.05) is 27.7 Å². The number of aliphatic imine (C=N–C) groups is 2. The Labute approximate surface area is 134 Å². The molecule has 0 atom stereocenters. The Morgan fingerprint density at radius 1 is 1.00 bits per heavy atom. The largest absolute Gasteiger partial charge is 0.475 e. The van der Waals surface area contributed by atoms with E-state index >= 15 is 0 Å². The van der Waals surface area contributed by atoms with Crippen molar-refractivity contribution in [3.63, 3.8) is 0 Å². The number of rotatable bonds is 3. The van der Waals surface area contributed by atoms with Gasteiger partial charge in [0.25, 0.3) is 5.69 Å². The van der Waals surface area contributed by atoms with Gasteiger partial charge in [0.05, 0.1) is 21.6 Å². The number of nitro benzene ring substituents is 1. The van der Waals surface area contributed by atoms with Crippen LogP contribution >= 0.6 is 0 Å². The topological polar surface area (TPSA) is 86.3 Å². The number of hydrogen-bond donors (Lipinski definition) is 0. The van der Waals surface area contributed by atoms with Gasteiger partial charge in [-0.05, 0) is 33.8 Å². The number of hydrogen-bond acceptors (Lipinski definition) is 6. The molecule has 0 unspecified atom stereocenters. The van der Waals surface area contributed by atoms with Crippen molar-refractivity contribution in [1.82, 2.24) is 0 Å². The van der Waals surface area contributed by atoms with Crippen LogP contribution in [0.2, 0.25) is 0 Å².